The lowest BCUT2D eigenvalue weighted by Crippen LogP contribution is -2.66. The number of carbonyl (C=O) groups is 1. The molecule has 0 radical (unpaired) electrons. The highest BCUT2D eigenvalue weighted by Gasteiger charge is 2.54. The summed E-state index contributed by atoms with van der Waals surface area (Å²) >= 11 is 0. The van der Waals surface area contributed by atoms with Crippen LogP contribution in [0.25, 0.3) is 0 Å². The normalized spacial score (nSPS) is 24.8. The Morgan fingerprint density at radius 1 is 0.322 bits per heavy atom. The molecular formula is C96H177NO18. The fraction of sp³-hybridized carbons (Fsp3) is 0.885. The van der Waals surface area contributed by atoms with Gasteiger partial charge in [0.15, 0.2) is 18.9 Å². The number of aliphatic hydroxyl groups is 11. The van der Waals surface area contributed by atoms with Crippen LogP contribution >= 0.6 is 0 Å². The summed E-state index contributed by atoms with van der Waals surface area (Å²) in [6.07, 6.45) is 74.0. The molecule has 0 saturated carbocycles. The minimum atomic E-state index is -1.98. The molecule has 0 bridgehead atoms. The minimum Gasteiger partial charge on any atom is -0.394 e. The molecule has 3 heterocycles. The van der Waals surface area contributed by atoms with Gasteiger partial charge in [0.1, 0.15) is 73.2 Å². The summed E-state index contributed by atoms with van der Waals surface area (Å²) in [5, 5.41) is 121. The van der Waals surface area contributed by atoms with E-state index in [9.17, 15) is 61.0 Å². The van der Waals surface area contributed by atoms with Crippen LogP contribution in [0, 0.1) is 0 Å². The van der Waals surface area contributed by atoms with Gasteiger partial charge in [-0.15, -0.1) is 0 Å². The van der Waals surface area contributed by atoms with E-state index in [4.69, 9.17) is 28.4 Å². The van der Waals surface area contributed by atoms with E-state index < -0.39 is 124 Å². The number of hydrogen-bond donors (Lipinski definition) is 12. The molecular weight excluding hydrogens is 1460 g/mol. The number of amides is 1. The summed E-state index contributed by atoms with van der Waals surface area (Å²) < 4.78 is 34.6. The van der Waals surface area contributed by atoms with Crippen molar-refractivity contribution in [2.45, 2.75) is 516 Å². The Morgan fingerprint density at radius 3 is 0.939 bits per heavy atom. The van der Waals surface area contributed by atoms with Crippen LogP contribution < -0.4 is 5.32 Å². The fourth-order valence-corrected chi connectivity index (χ4v) is 16.3. The van der Waals surface area contributed by atoms with Crippen molar-refractivity contribution in [1.82, 2.24) is 5.32 Å². The van der Waals surface area contributed by atoms with E-state index in [-0.39, 0.29) is 18.9 Å². The summed E-state index contributed by atoms with van der Waals surface area (Å²) in [5.41, 5.74) is 0. The topological polar surface area (TPSA) is 307 Å². The molecule has 19 nitrogen and oxygen atoms in total. The summed E-state index contributed by atoms with van der Waals surface area (Å²) in [6.45, 7) is 1.69. The number of unbranched alkanes of at least 4 members (excludes halogenated alkanes) is 55. The van der Waals surface area contributed by atoms with Crippen molar-refractivity contribution >= 4 is 5.91 Å². The van der Waals surface area contributed by atoms with Crippen LogP contribution in [0.1, 0.15) is 412 Å². The van der Waals surface area contributed by atoms with E-state index in [0.29, 0.717) is 6.42 Å². The van der Waals surface area contributed by atoms with E-state index in [2.05, 4.69) is 67.8 Å². The van der Waals surface area contributed by atoms with Crippen LogP contribution in [0.4, 0.5) is 0 Å². The third-order valence-electron chi connectivity index (χ3n) is 23.8. The zero-order valence-corrected chi connectivity index (χ0v) is 73.0. The molecule has 674 valence electrons. The maximum Gasteiger partial charge on any atom is 0.220 e. The van der Waals surface area contributed by atoms with Gasteiger partial charge in [-0.2, -0.15) is 0 Å². The van der Waals surface area contributed by atoms with Crippen LogP contribution in [-0.2, 0) is 33.2 Å². The molecule has 0 aromatic heterocycles. The van der Waals surface area contributed by atoms with Crippen molar-refractivity contribution in [3.05, 3.63) is 60.8 Å². The zero-order valence-electron chi connectivity index (χ0n) is 73.0. The first-order valence-electron chi connectivity index (χ1n) is 48.0. The van der Waals surface area contributed by atoms with E-state index in [0.717, 1.165) is 70.6 Å². The standard InChI is InChI=1S/C96H177NO18/c1-3-5-7-9-11-13-15-17-19-21-23-25-27-29-31-33-34-35-36-37-38-39-40-41-42-43-44-46-48-50-52-54-56-58-60-62-64-66-68-70-72-74-84(102)97-79(80(101)73-71-69-67-65-63-61-59-57-55-53-51-49-47-45-32-30-28-26-24-22-20-18-16-14-12-10-8-6-4-2)78-110-94-90(108)87(105)92(82(76-99)112-94)115-96-91(109)88(106)93(83(77-100)113-96)114-95-89(107)86(104)85(103)81(75-98)111-95/h5,7,11,13,17,19,23,25,71,73,79-83,85-96,98-101,103-109H,3-4,6,8-10,12,14-16,18,20-22,24,26-70,72,74-78H2,1-2H3,(H,97,102)/b7-5-,13-11-,19-17-,25-23-,73-71+. The lowest BCUT2D eigenvalue weighted by atomic mass is 9.96. The highest BCUT2D eigenvalue weighted by molar-refractivity contribution is 5.76. The predicted molar refractivity (Wildman–Crippen MR) is 466 cm³/mol. The highest BCUT2D eigenvalue weighted by Crippen LogP contribution is 2.34. The molecule has 0 aromatic rings. The Hall–Kier alpha value is -2.51. The number of hydrogen-bond acceptors (Lipinski definition) is 18. The number of aliphatic hydroxyl groups excluding tert-OH is 11. The SMILES string of the molecule is CC/C=C\C/C=C\C/C=C\C/C=C\CCCCCCCCCCCCCCCCCCCCCCCCCCCCCCC(=O)NC(COC1OC(CO)C(OC2OC(CO)C(OC3OC(CO)C(O)C(O)C3O)C(O)C2O)C(O)C1O)C(O)/C=C/CCCCCCCCCCCCCCCCCCCCCCCCCCCCC. The number of ether oxygens (including phenoxy) is 6. The number of rotatable bonds is 79. The second-order valence-corrected chi connectivity index (χ2v) is 34.2. The second-order valence-electron chi connectivity index (χ2n) is 34.2. The van der Waals surface area contributed by atoms with Crippen LogP contribution in [0.3, 0.4) is 0 Å². The Kier molecular flexibility index (Phi) is 69.8. The Labute approximate surface area is 700 Å². The maximum absolute atomic E-state index is 13.5. The Bertz CT molecular complexity index is 2310. The summed E-state index contributed by atoms with van der Waals surface area (Å²) in [6, 6.07) is -0.975. The maximum atomic E-state index is 13.5. The van der Waals surface area contributed by atoms with Crippen molar-refractivity contribution < 1.29 is 89.4 Å². The van der Waals surface area contributed by atoms with E-state index in [1.807, 2.05) is 6.08 Å². The molecule has 17 atom stereocenters. The molecule has 12 N–H and O–H groups in total. The smallest absolute Gasteiger partial charge is 0.220 e. The first-order chi connectivity index (χ1) is 56.3. The van der Waals surface area contributed by atoms with E-state index >= 15 is 0 Å². The van der Waals surface area contributed by atoms with Gasteiger partial charge >= 0.3 is 0 Å². The first-order valence-corrected chi connectivity index (χ1v) is 48.0. The molecule has 3 aliphatic heterocycles. The monoisotopic (exact) mass is 1630 g/mol. The van der Waals surface area contributed by atoms with Crippen molar-refractivity contribution in [3.8, 4) is 0 Å². The second kappa shape index (κ2) is 75.2. The Morgan fingerprint density at radius 2 is 0.600 bits per heavy atom. The summed E-state index contributed by atoms with van der Waals surface area (Å²) in [7, 11) is 0. The third-order valence-corrected chi connectivity index (χ3v) is 23.8. The number of carbonyl (C=O) groups excluding carboxylic acids is 1. The minimum absolute atomic E-state index is 0.248. The molecule has 1 amide bonds. The summed E-state index contributed by atoms with van der Waals surface area (Å²) in [5.74, 6) is -0.266. The van der Waals surface area contributed by atoms with Crippen LogP contribution in [0.2, 0.25) is 0 Å². The molecule has 3 fully saturated rings. The van der Waals surface area contributed by atoms with Gasteiger partial charge in [0.2, 0.25) is 5.91 Å². The van der Waals surface area contributed by atoms with E-state index in [1.165, 1.54) is 315 Å². The average Bonchev–Trinajstić information content (AvgIpc) is 0.778. The summed E-state index contributed by atoms with van der Waals surface area (Å²) in [4.78, 5) is 13.5. The van der Waals surface area contributed by atoms with Crippen LogP contribution in [0.5, 0.6) is 0 Å². The third kappa shape index (κ3) is 53.2. The first kappa shape index (κ1) is 107. The molecule has 0 spiro atoms. The number of allylic oxidation sites excluding steroid dienone is 9. The van der Waals surface area contributed by atoms with Crippen LogP contribution in [-0.4, -0.2) is 193 Å². The Balaban J connectivity index is 1.28. The molecule has 115 heavy (non-hydrogen) atoms. The van der Waals surface area contributed by atoms with Gasteiger partial charge in [0.25, 0.3) is 0 Å². The zero-order chi connectivity index (χ0) is 83.1. The van der Waals surface area contributed by atoms with E-state index in [1.54, 1.807) is 6.08 Å². The molecule has 3 aliphatic rings. The van der Waals surface area contributed by atoms with Gasteiger partial charge in [0, 0.05) is 6.42 Å². The molecule has 3 rings (SSSR count). The number of nitrogens with one attached hydrogen (secondary N) is 1. The average molecular weight is 1630 g/mol. The van der Waals surface area contributed by atoms with Gasteiger partial charge in [0.05, 0.1) is 38.6 Å². The lowest BCUT2D eigenvalue weighted by Gasteiger charge is -2.48. The van der Waals surface area contributed by atoms with Crippen molar-refractivity contribution in [1.29, 1.82) is 0 Å². The lowest BCUT2D eigenvalue weighted by molar-refractivity contribution is -0.379. The highest BCUT2D eigenvalue weighted by atomic mass is 16.8. The molecule has 3 saturated heterocycles. The van der Waals surface area contributed by atoms with Crippen molar-refractivity contribution in [3.63, 3.8) is 0 Å². The molecule has 0 aliphatic carbocycles. The molecule has 17 unspecified atom stereocenters. The van der Waals surface area contributed by atoms with Gasteiger partial charge in [-0.3, -0.25) is 4.79 Å². The molecule has 0 aromatic carbocycles. The van der Waals surface area contributed by atoms with Gasteiger partial charge in [-0.05, 0) is 57.8 Å². The van der Waals surface area contributed by atoms with Crippen molar-refractivity contribution in [2.24, 2.45) is 0 Å². The van der Waals surface area contributed by atoms with Gasteiger partial charge < -0.3 is 89.9 Å². The van der Waals surface area contributed by atoms with Gasteiger partial charge in [-0.25, -0.2) is 0 Å². The molecule has 19 heteroatoms. The predicted octanol–water partition coefficient (Wildman–Crippen LogP) is 19.3. The van der Waals surface area contributed by atoms with Gasteiger partial charge in [-0.1, -0.05) is 408 Å². The largest absolute Gasteiger partial charge is 0.394 e. The van der Waals surface area contributed by atoms with Crippen molar-refractivity contribution in [2.75, 3.05) is 26.4 Å². The van der Waals surface area contributed by atoms with Crippen LogP contribution in [0.15, 0.2) is 60.8 Å². The quantitative estimate of drug-likeness (QED) is 0.0199. The fourth-order valence-electron chi connectivity index (χ4n) is 16.3.